The van der Waals surface area contributed by atoms with Gasteiger partial charge in [0.15, 0.2) is 0 Å². The maximum atomic E-state index is 5.12. The second-order valence-electron chi connectivity index (χ2n) is 2.95. The zero-order valence-electron chi connectivity index (χ0n) is 7.86. The van der Waals surface area contributed by atoms with Crippen LogP contribution in [0, 0.1) is 6.39 Å². The van der Waals surface area contributed by atoms with Crippen LogP contribution < -0.4 is 4.74 Å². The average Bonchev–Trinajstić information content (AvgIpc) is 2.71. The molecule has 1 radical (unpaired) electrons. The maximum Gasteiger partial charge on any atom is 0.283 e. The third-order valence-corrected chi connectivity index (χ3v) is 1.95. The molecule has 0 atom stereocenters. The van der Waals surface area contributed by atoms with Crippen LogP contribution in [-0.4, -0.2) is 12.1 Å². The standard InChI is InChI=1S/C11H10NO2/c1-13-10-4-2-3-9(5-10)6-11-7-12-8-14-11/h2-5,7H,6H2,1H3. The Morgan fingerprint density at radius 1 is 1.50 bits per heavy atom. The number of methoxy groups -OCH3 is 1. The van der Waals surface area contributed by atoms with Crippen LogP contribution in [0.5, 0.6) is 5.75 Å². The molecule has 0 saturated carbocycles. The van der Waals surface area contributed by atoms with Gasteiger partial charge in [-0.15, -0.1) is 0 Å². The number of rotatable bonds is 3. The molecule has 71 valence electrons. The quantitative estimate of drug-likeness (QED) is 0.739. The molecule has 1 aromatic heterocycles. The predicted octanol–water partition coefficient (Wildman–Crippen LogP) is 2.07. The lowest BCUT2D eigenvalue weighted by Gasteiger charge is -2.01. The number of aromatic nitrogens is 1. The topological polar surface area (TPSA) is 35.3 Å². The van der Waals surface area contributed by atoms with Crippen molar-refractivity contribution >= 4 is 0 Å². The molecule has 0 unspecified atom stereocenters. The van der Waals surface area contributed by atoms with Crippen molar-refractivity contribution in [2.24, 2.45) is 0 Å². The van der Waals surface area contributed by atoms with E-state index in [4.69, 9.17) is 9.15 Å². The van der Waals surface area contributed by atoms with Gasteiger partial charge in [-0.25, -0.2) is 4.98 Å². The molecule has 14 heavy (non-hydrogen) atoms. The number of hydrogen-bond donors (Lipinski definition) is 0. The summed E-state index contributed by atoms with van der Waals surface area (Å²) in [5, 5.41) is 0. The molecule has 0 spiro atoms. The Kier molecular flexibility index (Phi) is 2.49. The van der Waals surface area contributed by atoms with Gasteiger partial charge >= 0.3 is 0 Å². The van der Waals surface area contributed by atoms with Crippen LogP contribution in [0.1, 0.15) is 11.3 Å². The van der Waals surface area contributed by atoms with Crippen LogP contribution in [-0.2, 0) is 6.42 Å². The Hall–Kier alpha value is -1.77. The highest BCUT2D eigenvalue weighted by atomic mass is 16.5. The van der Waals surface area contributed by atoms with Crippen molar-refractivity contribution in [1.82, 2.24) is 4.98 Å². The van der Waals surface area contributed by atoms with Crippen molar-refractivity contribution in [1.29, 1.82) is 0 Å². The zero-order valence-corrected chi connectivity index (χ0v) is 7.86. The van der Waals surface area contributed by atoms with Crippen LogP contribution in [0.15, 0.2) is 34.9 Å². The van der Waals surface area contributed by atoms with E-state index in [0.29, 0.717) is 6.42 Å². The number of nitrogens with zero attached hydrogens (tertiary/aromatic N) is 1. The molecule has 3 heteroatoms. The van der Waals surface area contributed by atoms with Gasteiger partial charge in [-0.05, 0) is 17.7 Å². The molecule has 0 aliphatic rings. The summed E-state index contributed by atoms with van der Waals surface area (Å²) in [6.45, 7) is 0. The third kappa shape index (κ3) is 1.93. The summed E-state index contributed by atoms with van der Waals surface area (Å²) >= 11 is 0. The molecule has 0 amide bonds. The second kappa shape index (κ2) is 3.96. The first-order valence-electron chi connectivity index (χ1n) is 4.32. The summed E-state index contributed by atoms with van der Waals surface area (Å²) in [6, 6.07) is 7.86. The van der Waals surface area contributed by atoms with E-state index in [2.05, 4.69) is 11.4 Å². The lowest BCUT2D eigenvalue weighted by molar-refractivity contribution is 0.414. The van der Waals surface area contributed by atoms with Gasteiger partial charge < -0.3 is 9.15 Å². The van der Waals surface area contributed by atoms with Crippen LogP contribution in [0.25, 0.3) is 0 Å². The lowest BCUT2D eigenvalue weighted by atomic mass is 10.1. The van der Waals surface area contributed by atoms with Crippen molar-refractivity contribution in [2.45, 2.75) is 6.42 Å². The van der Waals surface area contributed by atoms with Gasteiger partial charge in [0.1, 0.15) is 11.5 Å². The molecular weight excluding hydrogens is 178 g/mol. The first-order valence-corrected chi connectivity index (χ1v) is 4.32. The Labute approximate surface area is 82.3 Å². The summed E-state index contributed by atoms with van der Waals surface area (Å²) in [7, 11) is 1.65. The van der Waals surface area contributed by atoms with Crippen LogP contribution >= 0.6 is 0 Å². The summed E-state index contributed by atoms with van der Waals surface area (Å²) in [5.41, 5.74) is 1.13. The van der Waals surface area contributed by atoms with Crippen LogP contribution in [0.4, 0.5) is 0 Å². The normalized spacial score (nSPS) is 10.1. The molecule has 3 nitrogen and oxygen atoms in total. The summed E-state index contributed by atoms with van der Waals surface area (Å²) < 4.78 is 10.2. The van der Waals surface area contributed by atoms with Gasteiger partial charge in [-0.2, -0.15) is 0 Å². The molecule has 0 fully saturated rings. The van der Waals surface area contributed by atoms with E-state index in [9.17, 15) is 0 Å². The molecule has 1 aromatic carbocycles. The predicted molar refractivity (Wildman–Crippen MR) is 51.1 cm³/mol. The first-order chi connectivity index (χ1) is 6.88. The smallest absolute Gasteiger partial charge is 0.283 e. The van der Waals surface area contributed by atoms with E-state index >= 15 is 0 Å². The van der Waals surface area contributed by atoms with E-state index in [1.807, 2.05) is 24.3 Å². The fraction of sp³-hybridized carbons (Fsp3) is 0.182. The zero-order chi connectivity index (χ0) is 9.80. The van der Waals surface area contributed by atoms with E-state index in [0.717, 1.165) is 17.1 Å². The SMILES string of the molecule is COc1cccc(Cc2cn[c]o2)c1. The number of hydrogen-bond acceptors (Lipinski definition) is 3. The summed E-state index contributed by atoms with van der Waals surface area (Å²) in [6.07, 6.45) is 4.80. The van der Waals surface area contributed by atoms with Gasteiger partial charge in [0, 0.05) is 6.42 Å². The highest BCUT2D eigenvalue weighted by molar-refractivity contribution is 5.30. The fourth-order valence-corrected chi connectivity index (χ4v) is 1.28. The summed E-state index contributed by atoms with van der Waals surface area (Å²) in [5.74, 6) is 1.66. The third-order valence-electron chi connectivity index (χ3n) is 1.95. The van der Waals surface area contributed by atoms with Crippen molar-refractivity contribution in [3.05, 3.63) is 48.2 Å². The number of benzene rings is 1. The largest absolute Gasteiger partial charge is 0.497 e. The molecule has 2 aromatic rings. The van der Waals surface area contributed by atoms with Gasteiger partial charge in [-0.3, -0.25) is 0 Å². The van der Waals surface area contributed by atoms with E-state index in [-0.39, 0.29) is 0 Å². The minimum absolute atomic E-state index is 0.716. The molecule has 0 aliphatic heterocycles. The Balaban J connectivity index is 2.17. The molecule has 0 N–H and O–H groups in total. The minimum atomic E-state index is 0.716. The Morgan fingerprint density at radius 2 is 2.43 bits per heavy atom. The Morgan fingerprint density at radius 3 is 3.14 bits per heavy atom. The van der Waals surface area contributed by atoms with Gasteiger partial charge in [0.2, 0.25) is 0 Å². The van der Waals surface area contributed by atoms with Crippen molar-refractivity contribution < 1.29 is 9.15 Å². The molecule has 2 rings (SSSR count). The highest BCUT2D eigenvalue weighted by Crippen LogP contribution is 2.15. The van der Waals surface area contributed by atoms with E-state index in [1.165, 1.54) is 0 Å². The van der Waals surface area contributed by atoms with Crippen LogP contribution in [0.3, 0.4) is 0 Å². The van der Waals surface area contributed by atoms with Gasteiger partial charge in [0.05, 0.1) is 13.3 Å². The maximum absolute atomic E-state index is 5.12. The van der Waals surface area contributed by atoms with Gasteiger partial charge in [-0.1, -0.05) is 12.1 Å². The number of ether oxygens (including phenoxy) is 1. The highest BCUT2D eigenvalue weighted by Gasteiger charge is 2.00. The molecule has 0 bridgehead atoms. The number of oxazole rings is 1. The van der Waals surface area contributed by atoms with Gasteiger partial charge in [0.25, 0.3) is 6.39 Å². The fourth-order valence-electron chi connectivity index (χ4n) is 1.28. The van der Waals surface area contributed by atoms with Crippen molar-refractivity contribution in [2.75, 3.05) is 7.11 Å². The average molecular weight is 188 g/mol. The van der Waals surface area contributed by atoms with Crippen LogP contribution in [0.2, 0.25) is 0 Å². The van der Waals surface area contributed by atoms with Crippen molar-refractivity contribution in [3.63, 3.8) is 0 Å². The monoisotopic (exact) mass is 188 g/mol. The second-order valence-corrected chi connectivity index (χ2v) is 2.95. The molecular formula is C11H10NO2. The van der Waals surface area contributed by atoms with E-state index < -0.39 is 0 Å². The summed E-state index contributed by atoms with van der Waals surface area (Å²) in [4.78, 5) is 3.74. The lowest BCUT2D eigenvalue weighted by Crippen LogP contribution is -1.88. The molecule has 0 aliphatic carbocycles. The Bertz CT molecular complexity index is 395. The molecule has 1 heterocycles. The minimum Gasteiger partial charge on any atom is -0.497 e. The molecule has 0 saturated heterocycles. The van der Waals surface area contributed by atoms with E-state index in [1.54, 1.807) is 13.3 Å². The first kappa shape index (κ1) is 8.81. The van der Waals surface area contributed by atoms with Crippen molar-refractivity contribution in [3.8, 4) is 5.75 Å².